The first-order chi connectivity index (χ1) is 12.7. The first-order valence-electron chi connectivity index (χ1n) is 8.95. The van der Waals surface area contributed by atoms with Crippen LogP contribution in [0.4, 0.5) is 0 Å². The van der Waals surface area contributed by atoms with E-state index in [9.17, 15) is 0 Å². The highest BCUT2D eigenvalue weighted by molar-refractivity contribution is 14.0. The van der Waals surface area contributed by atoms with Gasteiger partial charge in [-0.1, -0.05) is 42.5 Å². The Kier molecular flexibility index (Phi) is 11.5. The number of methoxy groups -OCH3 is 1. The summed E-state index contributed by atoms with van der Waals surface area (Å²) in [6.45, 7) is 4.25. The van der Waals surface area contributed by atoms with Gasteiger partial charge in [-0.05, 0) is 36.6 Å². The zero-order valence-electron chi connectivity index (χ0n) is 16.3. The predicted octanol–water partition coefficient (Wildman–Crippen LogP) is 4.15. The molecule has 0 bridgehead atoms. The Labute approximate surface area is 179 Å². The Morgan fingerprint density at radius 1 is 1.07 bits per heavy atom. The van der Waals surface area contributed by atoms with Gasteiger partial charge in [0, 0.05) is 20.2 Å². The maximum Gasteiger partial charge on any atom is 0.191 e. The van der Waals surface area contributed by atoms with Crippen molar-refractivity contribution in [1.29, 1.82) is 0 Å². The molecule has 0 spiro atoms. The average molecular weight is 483 g/mol. The lowest BCUT2D eigenvalue weighted by molar-refractivity contribution is 0.119. The number of hydrogen-bond acceptors (Lipinski definition) is 3. The van der Waals surface area contributed by atoms with Crippen molar-refractivity contribution >= 4 is 29.9 Å². The number of ether oxygens (including phenoxy) is 2. The van der Waals surface area contributed by atoms with Gasteiger partial charge in [0.2, 0.25) is 0 Å². The topological polar surface area (TPSA) is 54.9 Å². The molecule has 0 saturated carbocycles. The molecule has 0 aromatic heterocycles. The molecule has 1 atom stereocenters. The van der Waals surface area contributed by atoms with Crippen LogP contribution in [0.15, 0.2) is 59.6 Å². The Hall–Kier alpha value is -1.80. The molecule has 0 aliphatic rings. The largest absolute Gasteiger partial charge is 0.497 e. The van der Waals surface area contributed by atoms with Gasteiger partial charge in [-0.2, -0.15) is 0 Å². The second-order valence-corrected chi connectivity index (χ2v) is 6.03. The number of hydrogen-bond donors (Lipinski definition) is 2. The number of aliphatic imine (C=N–C) groups is 1. The van der Waals surface area contributed by atoms with Crippen molar-refractivity contribution in [2.24, 2.45) is 4.99 Å². The molecule has 1 unspecified atom stereocenters. The van der Waals surface area contributed by atoms with E-state index in [1.165, 1.54) is 5.56 Å². The fourth-order valence-corrected chi connectivity index (χ4v) is 2.52. The third kappa shape index (κ3) is 8.62. The van der Waals surface area contributed by atoms with E-state index in [0.717, 1.165) is 30.2 Å². The van der Waals surface area contributed by atoms with Crippen LogP contribution >= 0.6 is 24.0 Å². The Morgan fingerprint density at radius 3 is 2.41 bits per heavy atom. The number of guanidine groups is 1. The predicted molar refractivity (Wildman–Crippen MR) is 122 cm³/mol. The van der Waals surface area contributed by atoms with Gasteiger partial charge in [-0.15, -0.1) is 24.0 Å². The Balaban J connectivity index is 0.00000364. The van der Waals surface area contributed by atoms with Gasteiger partial charge in [0.05, 0.1) is 19.8 Å². The molecule has 5 nitrogen and oxygen atoms in total. The lowest BCUT2D eigenvalue weighted by atomic mass is 10.1. The first-order valence-corrected chi connectivity index (χ1v) is 8.95. The van der Waals surface area contributed by atoms with Crippen molar-refractivity contribution < 1.29 is 9.47 Å². The Bertz CT molecular complexity index is 663. The molecular weight excluding hydrogens is 453 g/mol. The highest BCUT2D eigenvalue weighted by Crippen LogP contribution is 2.12. The van der Waals surface area contributed by atoms with Crippen molar-refractivity contribution in [1.82, 2.24) is 10.6 Å². The quantitative estimate of drug-likeness (QED) is 0.244. The molecule has 0 fully saturated rings. The number of nitrogens with one attached hydrogen (secondary N) is 2. The molecule has 0 heterocycles. The molecule has 2 aromatic rings. The number of benzene rings is 2. The van der Waals surface area contributed by atoms with Crippen molar-refractivity contribution in [3.05, 3.63) is 65.7 Å². The zero-order valence-corrected chi connectivity index (χ0v) is 18.6. The summed E-state index contributed by atoms with van der Waals surface area (Å²) in [4.78, 5) is 4.28. The van der Waals surface area contributed by atoms with E-state index >= 15 is 0 Å². The minimum absolute atomic E-state index is 0. The molecule has 148 valence electrons. The summed E-state index contributed by atoms with van der Waals surface area (Å²) >= 11 is 0. The summed E-state index contributed by atoms with van der Waals surface area (Å²) in [6, 6.07) is 18.5. The smallest absolute Gasteiger partial charge is 0.191 e. The van der Waals surface area contributed by atoms with Crippen molar-refractivity contribution in [3.63, 3.8) is 0 Å². The third-order valence-electron chi connectivity index (χ3n) is 4.06. The maximum atomic E-state index is 5.72. The monoisotopic (exact) mass is 483 g/mol. The van der Waals surface area contributed by atoms with E-state index in [1.807, 2.05) is 42.5 Å². The van der Waals surface area contributed by atoms with Crippen molar-refractivity contribution in [2.45, 2.75) is 26.0 Å². The molecule has 6 heteroatoms. The number of nitrogens with zero attached hydrogens (tertiary/aromatic N) is 1. The third-order valence-corrected chi connectivity index (χ3v) is 4.06. The maximum absolute atomic E-state index is 5.72. The van der Waals surface area contributed by atoms with Gasteiger partial charge in [0.1, 0.15) is 5.75 Å². The second kappa shape index (κ2) is 13.4. The standard InChI is InChI=1S/C21H29N3O2.HI/c1-17(19-8-5-4-6-9-19)24-21(22-2)23-14-7-15-26-16-18-10-12-20(25-3)13-11-18;/h4-6,8-13,17H,7,14-16H2,1-3H3,(H2,22,23,24);1H. The molecule has 0 radical (unpaired) electrons. The molecule has 0 aliphatic carbocycles. The van der Waals surface area contributed by atoms with Gasteiger partial charge in [0.25, 0.3) is 0 Å². The molecule has 0 amide bonds. The minimum atomic E-state index is 0. The van der Waals surface area contributed by atoms with E-state index in [0.29, 0.717) is 13.2 Å². The highest BCUT2D eigenvalue weighted by atomic mass is 127. The summed E-state index contributed by atoms with van der Waals surface area (Å²) < 4.78 is 10.9. The summed E-state index contributed by atoms with van der Waals surface area (Å²) in [7, 11) is 3.45. The molecule has 0 saturated heterocycles. The van der Waals surface area contributed by atoms with Gasteiger partial charge >= 0.3 is 0 Å². The van der Waals surface area contributed by atoms with Gasteiger partial charge < -0.3 is 20.1 Å². The number of rotatable bonds is 9. The molecule has 2 aromatic carbocycles. The van der Waals surface area contributed by atoms with E-state index < -0.39 is 0 Å². The average Bonchev–Trinajstić information content (AvgIpc) is 2.70. The zero-order chi connectivity index (χ0) is 18.6. The van der Waals surface area contributed by atoms with Gasteiger partial charge in [-0.3, -0.25) is 4.99 Å². The minimum Gasteiger partial charge on any atom is -0.497 e. The van der Waals surface area contributed by atoms with E-state index in [-0.39, 0.29) is 30.0 Å². The summed E-state index contributed by atoms with van der Waals surface area (Å²) in [5.41, 5.74) is 2.38. The van der Waals surface area contributed by atoms with Gasteiger partial charge in [-0.25, -0.2) is 0 Å². The van der Waals surface area contributed by atoms with Crippen LogP contribution in [0.1, 0.15) is 30.5 Å². The van der Waals surface area contributed by atoms with Gasteiger partial charge in [0.15, 0.2) is 5.96 Å². The molecule has 27 heavy (non-hydrogen) atoms. The van der Waals surface area contributed by atoms with E-state index in [1.54, 1.807) is 14.2 Å². The van der Waals surface area contributed by atoms with Crippen molar-refractivity contribution in [3.8, 4) is 5.75 Å². The fourth-order valence-electron chi connectivity index (χ4n) is 2.52. The first kappa shape index (κ1) is 23.2. The van der Waals surface area contributed by atoms with E-state index in [2.05, 4.69) is 34.7 Å². The van der Waals surface area contributed by atoms with Crippen LogP contribution in [-0.4, -0.2) is 33.3 Å². The fraction of sp³-hybridized carbons (Fsp3) is 0.381. The molecule has 0 aliphatic heterocycles. The van der Waals surface area contributed by atoms with Crippen LogP contribution in [0.2, 0.25) is 0 Å². The lowest BCUT2D eigenvalue weighted by Gasteiger charge is -2.18. The van der Waals surface area contributed by atoms with Crippen LogP contribution in [0.5, 0.6) is 5.75 Å². The van der Waals surface area contributed by atoms with Crippen LogP contribution in [0, 0.1) is 0 Å². The molecule has 2 rings (SSSR count). The normalized spacial score (nSPS) is 12.0. The van der Waals surface area contributed by atoms with Crippen LogP contribution in [0.3, 0.4) is 0 Å². The summed E-state index contributed by atoms with van der Waals surface area (Å²) in [6.07, 6.45) is 0.913. The Morgan fingerprint density at radius 2 is 1.78 bits per heavy atom. The SMILES string of the molecule is CN=C(NCCCOCc1ccc(OC)cc1)NC(C)c1ccccc1.I. The lowest BCUT2D eigenvalue weighted by Crippen LogP contribution is -2.39. The van der Waals surface area contributed by atoms with Crippen LogP contribution in [0.25, 0.3) is 0 Å². The highest BCUT2D eigenvalue weighted by Gasteiger charge is 2.06. The van der Waals surface area contributed by atoms with Crippen LogP contribution < -0.4 is 15.4 Å². The van der Waals surface area contributed by atoms with Crippen LogP contribution in [-0.2, 0) is 11.3 Å². The summed E-state index contributed by atoms with van der Waals surface area (Å²) in [5.74, 6) is 1.66. The number of halogens is 1. The molecular formula is C21H30IN3O2. The second-order valence-electron chi connectivity index (χ2n) is 6.03. The van der Waals surface area contributed by atoms with E-state index in [4.69, 9.17) is 9.47 Å². The van der Waals surface area contributed by atoms with Crippen molar-refractivity contribution in [2.75, 3.05) is 27.3 Å². The molecule has 2 N–H and O–H groups in total. The summed E-state index contributed by atoms with van der Waals surface area (Å²) in [5, 5.41) is 6.72.